The van der Waals surface area contributed by atoms with Gasteiger partial charge in [0, 0.05) is 21.9 Å². The minimum Gasteiger partial charge on any atom is -0.456 e. The number of allylic oxidation sites excluding steroid dienone is 18. The average Bonchev–Trinajstić information content (AvgIpc) is 3.61. The van der Waals surface area contributed by atoms with Crippen LogP contribution in [0.3, 0.4) is 0 Å². The molecule has 1 heteroatoms. The number of para-hydroxylation sites is 1. The van der Waals surface area contributed by atoms with Crippen LogP contribution in [-0.4, -0.2) is 0 Å². The quantitative estimate of drug-likeness (QED) is 0.121. The second-order valence-corrected chi connectivity index (χ2v) is 14.5. The minimum atomic E-state index is -0.338. The van der Waals surface area contributed by atoms with E-state index in [2.05, 4.69) is 149 Å². The Morgan fingerprint density at radius 3 is 2.30 bits per heavy atom. The van der Waals surface area contributed by atoms with Crippen molar-refractivity contribution in [1.29, 1.82) is 0 Å². The van der Waals surface area contributed by atoms with Crippen molar-refractivity contribution >= 4 is 28.2 Å². The molecule has 1 heterocycles. The van der Waals surface area contributed by atoms with E-state index in [0.717, 1.165) is 51.0 Å². The molecule has 0 saturated heterocycles. The Morgan fingerprint density at radius 2 is 1.70 bits per heavy atom. The largest absolute Gasteiger partial charge is 0.456 e. The highest BCUT2D eigenvalue weighted by Crippen LogP contribution is 2.47. The monoisotopic (exact) mass is 698 g/mol. The van der Waals surface area contributed by atoms with Gasteiger partial charge < -0.3 is 4.42 Å². The molecule has 0 N–H and O–H groups in total. The third-order valence-corrected chi connectivity index (χ3v) is 11.0. The second-order valence-electron chi connectivity index (χ2n) is 14.5. The minimum absolute atomic E-state index is 0.0254. The number of fused-ring (bicyclic) bond motifs is 2. The molecule has 4 rings (SSSR count). The molecule has 0 spiro atoms. The number of aryl methyl sites for hydroxylation is 1. The van der Waals surface area contributed by atoms with Crippen LogP contribution < -0.4 is 0 Å². The predicted molar refractivity (Wildman–Crippen MR) is 235 cm³/mol. The molecule has 0 aliphatic heterocycles. The van der Waals surface area contributed by atoms with Gasteiger partial charge in [-0.25, -0.2) is 0 Å². The Balaban J connectivity index is 1.89. The van der Waals surface area contributed by atoms with E-state index < -0.39 is 0 Å². The number of furan rings is 1. The van der Waals surface area contributed by atoms with E-state index >= 15 is 0 Å². The van der Waals surface area contributed by atoms with Gasteiger partial charge in [-0.05, 0) is 123 Å². The van der Waals surface area contributed by atoms with E-state index in [4.69, 9.17) is 10.8 Å². The fraction of sp³-hybridized carbons (Fsp3) is 0.269. The maximum Gasteiger partial charge on any atom is 0.139 e. The Kier molecular flexibility index (Phi) is 13.3. The summed E-state index contributed by atoms with van der Waals surface area (Å²) in [6.45, 7) is 34.4. The van der Waals surface area contributed by atoms with Gasteiger partial charge in [-0.15, -0.1) is 6.42 Å². The summed E-state index contributed by atoms with van der Waals surface area (Å²) in [6.07, 6.45) is 27.1. The molecule has 0 fully saturated rings. The first-order valence-corrected chi connectivity index (χ1v) is 18.8. The standard InChI is InChI=1S/C52H58O/c1-15-35(9)42(18-4)43(19-5)37(11)41(17-3)36(10)32-39(25-24-27-46-38(12)52(13,14)49-31-34(8)29-30-47(46)49)33-40(16-2)44(20-6)51-45(21-7)48-26-22-23-28-50(48)53-51/h2,15,17,19-24,26-33,40H,1,3,7,18,25H2,4-6,8-14H3/b27-24-,36-32+,39-33-,41-37+,42-35+,43-19+,44-20-. The SMILES string of the molecule is C#CC(\C=C(/C=C(C)/C(C=C)=C(C)/C(=C\C)C(/CC)=C(\C)C=C)C/C=C\C1=C(C)C(C)(C)c2cc(C)ccc21)/C(=C/C)c1oc2ccccc2c1C=C. The molecule has 1 nitrogen and oxygen atoms in total. The van der Waals surface area contributed by atoms with Crippen molar-refractivity contribution in [1.82, 2.24) is 0 Å². The van der Waals surface area contributed by atoms with Crippen molar-refractivity contribution in [2.24, 2.45) is 5.92 Å². The lowest BCUT2D eigenvalue weighted by atomic mass is 9.81. The fourth-order valence-electron chi connectivity index (χ4n) is 7.76. The van der Waals surface area contributed by atoms with Gasteiger partial charge in [-0.3, -0.25) is 0 Å². The van der Waals surface area contributed by atoms with Crippen molar-refractivity contribution in [2.45, 2.75) is 87.5 Å². The molecule has 1 aromatic heterocycles. The van der Waals surface area contributed by atoms with Crippen LogP contribution in [0.25, 0.3) is 28.2 Å². The van der Waals surface area contributed by atoms with Crippen molar-refractivity contribution in [3.63, 3.8) is 0 Å². The summed E-state index contributed by atoms with van der Waals surface area (Å²) in [6, 6.07) is 14.9. The first-order chi connectivity index (χ1) is 25.3. The van der Waals surface area contributed by atoms with E-state index in [-0.39, 0.29) is 11.3 Å². The molecular formula is C52H58O. The number of rotatable bonds is 14. The smallest absolute Gasteiger partial charge is 0.139 e. The highest BCUT2D eigenvalue weighted by atomic mass is 16.3. The number of benzene rings is 2. The van der Waals surface area contributed by atoms with E-state index in [1.54, 1.807) is 0 Å². The summed E-state index contributed by atoms with van der Waals surface area (Å²) in [5.41, 5.74) is 17.6. The second kappa shape index (κ2) is 17.5. The van der Waals surface area contributed by atoms with Gasteiger partial charge in [0.25, 0.3) is 0 Å². The third kappa shape index (κ3) is 8.19. The zero-order valence-electron chi connectivity index (χ0n) is 33.8. The molecule has 0 bridgehead atoms. The first-order valence-electron chi connectivity index (χ1n) is 18.8. The lowest BCUT2D eigenvalue weighted by Crippen LogP contribution is -2.15. The van der Waals surface area contributed by atoms with Gasteiger partial charge in [0.15, 0.2) is 0 Å². The number of terminal acetylenes is 1. The van der Waals surface area contributed by atoms with Crippen LogP contribution in [0.15, 0.2) is 160 Å². The predicted octanol–water partition coefficient (Wildman–Crippen LogP) is 15.0. The highest BCUT2D eigenvalue weighted by molar-refractivity contribution is 5.93. The molecule has 0 radical (unpaired) electrons. The maximum absolute atomic E-state index is 6.46. The molecular weight excluding hydrogens is 641 g/mol. The van der Waals surface area contributed by atoms with Crippen molar-refractivity contribution < 1.29 is 4.42 Å². The van der Waals surface area contributed by atoms with Gasteiger partial charge in [0.05, 0.1) is 5.92 Å². The number of hydrogen-bond acceptors (Lipinski definition) is 1. The molecule has 3 aromatic rings. The normalized spacial score (nSPS) is 16.7. The summed E-state index contributed by atoms with van der Waals surface area (Å²) in [7, 11) is 0. The molecule has 1 atom stereocenters. The maximum atomic E-state index is 6.46. The summed E-state index contributed by atoms with van der Waals surface area (Å²) < 4.78 is 6.46. The molecule has 0 amide bonds. The van der Waals surface area contributed by atoms with Crippen molar-refractivity contribution in [3.05, 3.63) is 183 Å². The van der Waals surface area contributed by atoms with Crippen LogP contribution >= 0.6 is 0 Å². The molecule has 0 saturated carbocycles. The van der Waals surface area contributed by atoms with Gasteiger partial charge in [-0.2, -0.15) is 0 Å². The van der Waals surface area contributed by atoms with Crippen LogP contribution in [0.4, 0.5) is 0 Å². The average molecular weight is 699 g/mol. The Morgan fingerprint density at radius 1 is 0.981 bits per heavy atom. The highest BCUT2D eigenvalue weighted by Gasteiger charge is 2.34. The summed E-state index contributed by atoms with van der Waals surface area (Å²) in [4.78, 5) is 0. The molecule has 1 unspecified atom stereocenters. The van der Waals surface area contributed by atoms with Gasteiger partial charge in [0.2, 0.25) is 0 Å². The molecule has 272 valence electrons. The van der Waals surface area contributed by atoms with Gasteiger partial charge >= 0.3 is 0 Å². The third-order valence-electron chi connectivity index (χ3n) is 11.0. The summed E-state index contributed by atoms with van der Waals surface area (Å²) in [5, 5.41) is 1.03. The molecule has 1 aliphatic rings. The van der Waals surface area contributed by atoms with Crippen LogP contribution in [0, 0.1) is 25.2 Å². The van der Waals surface area contributed by atoms with Gasteiger partial charge in [-0.1, -0.05) is 149 Å². The molecule has 2 aromatic carbocycles. The lowest BCUT2D eigenvalue weighted by molar-refractivity contribution is 0.594. The van der Waals surface area contributed by atoms with E-state index in [0.29, 0.717) is 6.42 Å². The van der Waals surface area contributed by atoms with Crippen LogP contribution in [-0.2, 0) is 5.41 Å². The van der Waals surface area contributed by atoms with E-state index in [1.165, 1.54) is 50.1 Å². The topological polar surface area (TPSA) is 13.1 Å². The summed E-state index contributed by atoms with van der Waals surface area (Å²) in [5.74, 6) is 3.52. The molecule has 53 heavy (non-hydrogen) atoms. The zero-order valence-corrected chi connectivity index (χ0v) is 33.8. The van der Waals surface area contributed by atoms with E-state index in [9.17, 15) is 0 Å². The Labute approximate surface area is 320 Å². The zero-order chi connectivity index (χ0) is 39.0. The van der Waals surface area contributed by atoms with Crippen LogP contribution in [0.2, 0.25) is 0 Å². The molecule has 1 aliphatic carbocycles. The van der Waals surface area contributed by atoms with Crippen molar-refractivity contribution in [3.8, 4) is 12.3 Å². The fourth-order valence-corrected chi connectivity index (χ4v) is 7.76. The number of hydrogen-bond donors (Lipinski definition) is 0. The van der Waals surface area contributed by atoms with E-state index in [1.807, 2.05) is 43.4 Å². The Bertz CT molecular complexity index is 2220. The van der Waals surface area contributed by atoms with Crippen LogP contribution in [0.5, 0.6) is 0 Å². The Hall–Kier alpha value is -5.32. The van der Waals surface area contributed by atoms with Crippen LogP contribution in [0.1, 0.15) is 103 Å². The van der Waals surface area contributed by atoms with Gasteiger partial charge in [0.1, 0.15) is 11.3 Å². The van der Waals surface area contributed by atoms with Crippen molar-refractivity contribution in [2.75, 3.05) is 0 Å². The first kappa shape index (κ1) is 40.5. The lowest BCUT2D eigenvalue weighted by Gasteiger charge is -2.22. The summed E-state index contributed by atoms with van der Waals surface area (Å²) >= 11 is 0.